The first-order chi connectivity index (χ1) is 11.0. The van der Waals surface area contributed by atoms with Crippen LogP contribution < -0.4 is 5.32 Å². The second kappa shape index (κ2) is 8.31. The lowest BCUT2D eigenvalue weighted by molar-refractivity contribution is 0.0524. The molecule has 1 fully saturated rings. The molecule has 1 atom stereocenters. The minimum absolute atomic E-state index is 0.00333. The number of nitrogens with one attached hydrogen (secondary N) is 1. The fraction of sp³-hybridized carbons (Fsp3) is 0.611. The molecule has 23 heavy (non-hydrogen) atoms. The monoisotopic (exact) mass is 319 g/mol. The first kappa shape index (κ1) is 17.8. The molecule has 0 unspecified atom stereocenters. The third kappa shape index (κ3) is 4.94. The van der Waals surface area contributed by atoms with Crippen LogP contribution in [0.5, 0.6) is 0 Å². The van der Waals surface area contributed by atoms with Gasteiger partial charge in [0.25, 0.3) is 0 Å². The maximum absolute atomic E-state index is 12.4. The van der Waals surface area contributed by atoms with Gasteiger partial charge in [0.2, 0.25) is 0 Å². The van der Waals surface area contributed by atoms with Gasteiger partial charge in [-0.3, -0.25) is 0 Å². The highest BCUT2D eigenvalue weighted by Gasteiger charge is 2.23. The van der Waals surface area contributed by atoms with Gasteiger partial charge in [0, 0.05) is 32.8 Å². The minimum atomic E-state index is -0.00333. The number of ether oxygens (including phenoxy) is 1. The van der Waals surface area contributed by atoms with Crippen molar-refractivity contribution < 1.29 is 9.53 Å². The van der Waals surface area contributed by atoms with E-state index in [0.29, 0.717) is 6.54 Å². The molecule has 0 saturated carbocycles. The Bertz CT molecular complexity index is 513. The van der Waals surface area contributed by atoms with Gasteiger partial charge < -0.3 is 19.9 Å². The molecule has 0 aliphatic carbocycles. The van der Waals surface area contributed by atoms with Gasteiger partial charge in [-0.1, -0.05) is 29.8 Å². The fourth-order valence-corrected chi connectivity index (χ4v) is 3.02. The summed E-state index contributed by atoms with van der Waals surface area (Å²) < 4.78 is 5.36. The Morgan fingerprint density at radius 2 is 2.00 bits per heavy atom. The summed E-state index contributed by atoms with van der Waals surface area (Å²) >= 11 is 0. The van der Waals surface area contributed by atoms with Crippen molar-refractivity contribution in [1.29, 1.82) is 0 Å². The highest BCUT2D eigenvalue weighted by molar-refractivity contribution is 5.74. The van der Waals surface area contributed by atoms with Crippen molar-refractivity contribution in [1.82, 2.24) is 15.1 Å². The molecule has 0 radical (unpaired) electrons. The third-order valence-electron chi connectivity index (χ3n) is 4.56. The molecule has 128 valence electrons. The first-order valence-electron chi connectivity index (χ1n) is 8.30. The maximum Gasteiger partial charge on any atom is 0.317 e. The standard InChI is InChI=1S/C18H29N3O2/c1-14-6-5-7-15(12-14)17(20(2)3)13-19-18(22)21(4)16-8-10-23-11-9-16/h5-7,12,16-17H,8-11,13H2,1-4H3,(H,19,22)/t17-/m1/s1. The second-order valence-electron chi connectivity index (χ2n) is 6.53. The topological polar surface area (TPSA) is 44.8 Å². The molecule has 1 aliphatic rings. The molecule has 2 amide bonds. The molecule has 1 aromatic carbocycles. The van der Waals surface area contributed by atoms with Crippen LogP contribution in [-0.4, -0.2) is 62.8 Å². The van der Waals surface area contributed by atoms with Gasteiger partial charge in [0.1, 0.15) is 0 Å². The van der Waals surface area contributed by atoms with Crippen LogP contribution in [0.15, 0.2) is 24.3 Å². The smallest absolute Gasteiger partial charge is 0.317 e. The van der Waals surface area contributed by atoms with E-state index in [9.17, 15) is 4.79 Å². The van der Waals surface area contributed by atoms with Crippen LogP contribution >= 0.6 is 0 Å². The molecular weight excluding hydrogens is 290 g/mol. The van der Waals surface area contributed by atoms with Crippen LogP contribution in [0.2, 0.25) is 0 Å². The zero-order chi connectivity index (χ0) is 16.8. The molecule has 1 aliphatic heterocycles. The van der Waals surface area contributed by atoms with Gasteiger partial charge in [-0.2, -0.15) is 0 Å². The Morgan fingerprint density at radius 1 is 1.30 bits per heavy atom. The van der Waals surface area contributed by atoms with Crippen LogP contribution in [0.3, 0.4) is 0 Å². The lowest BCUT2D eigenvalue weighted by Gasteiger charge is -2.32. The third-order valence-corrected chi connectivity index (χ3v) is 4.56. The van der Waals surface area contributed by atoms with E-state index in [1.807, 2.05) is 26.0 Å². The van der Waals surface area contributed by atoms with Gasteiger partial charge in [0.05, 0.1) is 6.04 Å². The zero-order valence-electron chi connectivity index (χ0n) is 14.7. The number of hydrogen-bond donors (Lipinski definition) is 1. The lowest BCUT2D eigenvalue weighted by atomic mass is 10.0. The number of nitrogens with zero attached hydrogens (tertiary/aromatic N) is 2. The number of likely N-dealkylation sites (N-methyl/N-ethyl adjacent to an activating group) is 1. The molecule has 1 N–H and O–H groups in total. The van der Waals surface area contributed by atoms with E-state index >= 15 is 0 Å². The number of amides is 2. The quantitative estimate of drug-likeness (QED) is 0.906. The van der Waals surface area contributed by atoms with Gasteiger partial charge in [0.15, 0.2) is 0 Å². The van der Waals surface area contributed by atoms with Crippen LogP contribution in [0.1, 0.15) is 30.0 Å². The average Bonchev–Trinajstić information content (AvgIpc) is 2.54. The van der Waals surface area contributed by atoms with Gasteiger partial charge in [-0.25, -0.2) is 4.79 Å². The van der Waals surface area contributed by atoms with Crippen molar-refractivity contribution in [3.63, 3.8) is 0 Å². The summed E-state index contributed by atoms with van der Waals surface area (Å²) in [6, 6.07) is 8.90. The predicted octanol–water partition coefficient (Wildman–Crippen LogP) is 2.42. The fourth-order valence-electron chi connectivity index (χ4n) is 3.02. The van der Waals surface area contributed by atoms with Crippen molar-refractivity contribution >= 4 is 6.03 Å². The van der Waals surface area contributed by atoms with E-state index in [4.69, 9.17) is 4.74 Å². The Labute approximate surface area is 139 Å². The van der Waals surface area contributed by atoms with Crippen LogP contribution in [-0.2, 0) is 4.74 Å². The highest BCUT2D eigenvalue weighted by Crippen LogP contribution is 2.19. The Balaban J connectivity index is 1.94. The van der Waals surface area contributed by atoms with Gasteiger partial charge >= 0.3 is 6.03 Å². The number of carbonyl (C=O) groups excluding carboxylic acids is 1. The van der Waals surface area contributed by atoms with E-state index < -0.39 is 0 Å². The molecule has 1 aromatic rings. The van der Waals surface area contributed by atoms with Crippen LogP contribution in [0.25, 0.3) is 0 Å². The van der Waals surface area contributed by atoms with Gasteiger partial charge in [-0.05, 0) is 39.4 Å². The molecule has 5 nitrogen and oxygen atoms in total. The first-order valence-corrected chi connectivity index (χ1v) is 8.30. The SMILES string of the molecule is Cc1cccc([C@@H](CNC(=O)N(C)C2CCOCC2)N(C)C)c1. The van der Waals surface area contributed by atoms with E-state index in [1.165, 1.54) is 11.1 Å². The maximum atomic E-state index is 12.4. The lowest BCUT2D eigenvalue weighted by Crippen LogP contribution is -2.47. The summed E-state index contributed by atoms with van der Waals surface area (Å²) in [6.45, 7) is 4.17. The minimum Gasteiger partial charge on any atom is -0.381 e. The average molecular weight is 319 g/mol. The number of benzene rings is 1. The summed E-state index contributed by atoms with van der Waals surface area (Å²) in [5.41, 5.74) is 2.46. The molecule has 0 spiro atoms. The second-order valence-corrected chi connectivity index (χ2v) is 6.53. The van der Waals surface area contributed by atoms with E-state index in [-0.39, 0.29) is 18.1 Å². The number of hydrogen-bond acceptors (Lipinski definition) is 3. The van der Waals surface area contributed by atoms with Crippen molar-refractivity contribution in [3.05, 3.63) is 35.4 Å². The van der Waals surface area contributed by atoms with Gasteiger partial charge in [-0.15, -0.1) is 0 Å². The van der Waals surface area contributed by atoms with E-state index in [0.717, 1.165) is 26.1 Å². The van der Waals surface area contributed by atoms with Crippen molar-refractivity contribution in [2.75, 3.05) is 40.9 Å². The largest absolute Gasteiger partial charge is 0.381 e. The highest BCUT2D eigenvalue weighted by atomic mass is 16.5. The summed E-state index contributed by atoms with van der Waals surface area (Å²) in [5.74, 6) is 0. The molecule has 0 aromatic heterocycles. The number of carbonyl (C=O) groups is 1. The Morgan fingerprint density at radius 3 is 2.61 bits per heavy atom. The van der Waals surface area contributed by atoms with Crippen LogP contribution in [0, 0.1) is 6.92 Å². The van der Waals surface area contributed by atoms with Crippen molar-refractivity contribution in [2.24, 2.45) is 0 Å². The Kier molecular flexibility index (Phi) is 6.42. The Hall–Kier alpha value is -1.59. The predicted molar refractivity (Wildman–Crippen MR) is 92.6 cm³/mol. The van der Waals surface area contributed by atoms with Crippen LogP contribution in [0.4, 0.5) is 4.79 Å². The summed E-state index contributed by atoms with van der Waals surface area (Å²) in [7, 11) is 5.96. The normalized spacial score (nSPS) is 17.1. The molecular formula is C18H29N3O2. The molecule has 5 heteroatoms. The van der Waals surface area contributed by atoms with Crippen molar-refractivity contribution in [3.8, 4) is 0 Å². The summed E-state index contributed by atoms with van der Waals surface area (Å²) in [5, 5.41) is 3.08. The molecule has 0 bridgehead atoms. The van der Waals surface area contributed by atoms with E-state index in [1.54, 1.807) is 0 Å². The molecule has 1 saturated heterocycles. The van der Waals surface area contributed by atoms with Crippen molar-refractivity contribution in [2.45, 2.75) is 31.8 Å². The van der Waals surface area contributed by atoms with E-state index in [2.05, 4.69) is 41.4 Å². The number of aryl methyl sites for hydroxylation is 1. The summed E-state index contributed by atoms with van der Waals surface area (Å²) in [6.07, 6.45) is 1.83. The number of urea groups is 1. The molecule has 2 rings (SSSR count). The molecule has 1 heterocycles. The number of rotatable bonds is 5. The summed E-state index contributed by atoms with van der Waals surface area (Å²) in [4.78, 5) is 16.4. The zero-order valence-corrected chi connectivity index (χ0v) is 14.7.